The highest BCUT2D eigenvalue weighted by atomic mass is 35.5. The standard InChI is InChI=1S/C19H26ClNO6/c1-18(2,3)26-16(22)21-10-13(11-24-17(23)27-19(4,5)6)25-15-8-7-12(20)9-14(15)21/h7-9,13H,10-11H2,1-6H3/t13-/m1/s1. The van der Waals surface area contributed by atoms with Crippen LogP contribution in [0.3, 0.4) is 0 Å². The number of rotatable bonds is 2. The summed E-state index contributed by atoms with van der Waals surface area (Å²) in [5.74, 6) is 0.453. The van der Waals surface area contributed by atoms with Gasteiger partial charge in [0.25, 0.3) is 0 Å². The lowest BCUT2D eigenvalue weighted by atomic mass is 10.2. The zero-order valence-electron chi connectivity index (χ0n) is 16.5. The summed E-state index contributed by atoms with van der Waals surface area (Å²) < 4.78 is 21.6. The molecule has 0 spiro atoms. The van der Waals surface area contributed by atoms with Gasteiger partial charge < -0.3 is 18.9 Å². The minimum atomic E-state index is -0.795. The Morgan fingerprint density at radius 3 is 2.37 bits per heavy atom. The van der Waals surface area contributed by atoms with Crippen LogP contribution < -0.4 is 9.64 Å². The molecule has 0 aromatic heterocycles. The van der Waals surface area contributed by atoms with Crippen LogP contribution in [0.15, 0.2) is 18.2 Å². The van der Waals surface area contributed by atoms with Crippen molar-refractivity contribution >= 4 is 29.5 Å². The lowest BCUT2D eigenvalue weighted by Crippen LogP contribution is -2.47. The average Bonchev–Trinajstić information content (AvgIpc) is 2.49. The summed E-state index contributed by atoms with van der Waals surface area (Å²) in [6, 6.07) is 4.95. The van der Waals surface area contributed by atoms with Crippen molar-refractivity contribution in [1.29, 1.82) is 0 Å². The maximum absolute atomic E-state index is 12.6. The van der Waals surface area contributed by atoms with Crippen LogP contribution in [0.25, 0.3) is 0 Å². The van der Waals surface area contributed by atoms with E-state index in [1.54, 1.807) is 59.7 Å². The molecule has 2 rings (SSSR count). The van der Waals surface area contributed by atoms with Crippen LogP contribution in [0, 0.1) is 0 Å². The highest BCUT2D eigenvalue weighted by molar-refractivity contribution is 6.31. The van der Waals surface area contributed by atoms with Crippen molar-refractivity contribution in [3.8, 4) is 5.75 Å². The zero-order chi connectivity index (χ0) is 20.4. The summed E-state index contributed by atoms with van der Waals surface area (Å²) in [5, 5.41) is 0.467. The fourth-order valence-electron chi connectivity index (χ4n) is 2.34. The fraction of sp³-hybridized carbons (Fsp3) is 0.579. The number of amides is 1. The van der Waals surface area contributed by atoms with Gasteiger partial charge >= 0.3 is 12.2 Å². The highest BCUT2D eigenvalue weighted by Gasteiger charge is 2.34. The van der Waals surface area contributed by atoms with E-state index in [-0.39, 0.29) is 13.2 Å². The first-order valence-corrected chi connectivity index (χ1v) is 9.04. The highest BCUT2D eigenvalue weighted by Crippen LogP contribution is 2.36. The molecule has 0 bridgehead atoms. The van der Waals surface area contributed by atoms with Crippen LogP contribution in [-0.2, 0) is 14.2 Å². The number of carbonyl (C=O) groups is 2. The van der Waals surface area contributed by atoms with Crippen LogP contribution >= 0.6 is 11.6 Å². The van der Waals surface area contributed by atoms with Gasteiger partial charge in [0.2, 0.25) is 0 Å². The van der Waals surface area contributed by atoms with Gasteiger partial charge in [0.1, 0.15) is 23.6 Å². The van der Waals surface area contributed by atoms with Gasteiger partial charge in [-0.3, -0.25) is 4.90 Å². The molecule has 0 radical (unpaired) electrons. The number of halogens is 1. The second kappa shape index (κ2) is 7.84. The molecule has 0 N–H and O–H groups in total. The van der Waals surface area contributed by atoms with E-state index in [9.17, 15) is 9.59 Å². The number of anilines is 1. The molecule has 1 aromatic carbocycles. The average molecular weight is 400 g/mol. The number of hydrogen-bond acceptors (Lipinski definition) is 6. The van der Waals surface area contributed by atoms with Crippen LogP contribution in [0.5, 0.6) is 5.75 Å². The number of fused-ring (bicyclic) bond motifs is 1. The second-order valence-electron chi connectivity index (χ2n) is 8.22. The summed E-state index contributed by atoms with van der Waals surface area (Å²) >= 11 is 6.06. The maximum Gasteiger partial charge on any atom is 0.508 e. The molecule has 1 aromatic rings. The summed E-state index contributed by atoms with van der Waals surface area (Å²) in [4.78, 5) is 25.8. The van der Waals surface area contributed by atoms with Gasteiger partial charge in [-0.25, -0.2) is 9.59 Å². The summed E-state index contributed by atoms with van der Waals surface area (Å²) in [5.41, 5.74) is -0.808. The van der Waals surface area contributed by atoms with E-state index in [4.69, 9.17) is 30.5 Å². The topological polar surface area (TPSA) is 74.3 Å². The van der Waals surface area contributed by atoms with Crippen molar-refractivity contribution in [1.82, 2.24) is 0 Å². The molecule has 0 saturated heterocycles. The van der Waals surface area contributed by atoms with Gasteiger partial charge in [0.05, 0.1) is 12.2 Å². The Labute approximate surface area is 164 Å². The first-order chi connectivity index (χ1) is 12.3. The van der Waals surface area contributed by atoms with Gasteiger partial charge in [-0.15, -0.1) is 0 Å². The third-order valence-corrected chi connectivity index (χ3v) is 3.52. The van der Waals surface area contributed by atoms with E-state index in [0.717, 1.165) is 0 Å². The molecule has 0 aliphatic carbocycles. The summed E-state index contributed by atoms with van der Waals surface area (Å²) in [6.07, 6.45) is -1.90. The molecule has 0 saturated carbocycles. The minimum Gasteiger partial charge on any atom is -0.483 e. The van der Waals surface area contributed by atoms with E-state index in [1.807, 2.05) is 0 Å². The predicted octanol–water partition coefficient (Wildman–Crippen LogP) is 4.79. The minimum absolute atomic E-state index is 0.0731. The molecular formula is C19H26ClNO6. The van der Waals surface area contributed by atoms with Gasteiger partial charge in [-0.05, 0) is 59.7 Å². The predicted molar refractivity (Wildman–Crippen MR) is 102 cm³/mol. The molecule has 27 heavy (non-hydrogen) atoms. The molecule has 7 nitrogen and oxygen atoms in total. The van der Waals surface area contributed by atoms with Gasteiger partial charge in [-0.2, -0.15) is 0 Å². The van der Waals surface area contributed by atoms with Crippen molar-refractivity contribution in [2.45, 2.75) is 58.8 Å². The third-order valence-electron chi connectivity index (χ3n) is 3.28. The molecular weight excluding hydrogens is 374 g/mol. The summed E-state index contributed by atoms with van der Waals surface area (Å²) in [6.45, 7) is 10.7. The number of hydrogen-bond donors (Lipinski definition) is 0. The first kappa shape index (κ1) is 21.2. The SMILES string of the molecule is CC(C)(C)OC(=O)OC[C@H]1CN(C(=O)OC(C)(C)C)c2cc(Cl)ccc2O1. The van der Waals surface area contributed by atoms with Crippen LogP contribution in [0.2, 0.25) is 5.02 Å². The number of benzene rings is 1. The van der Waals surface area contributed by atoms with Crippen molar-refractivity contribution < 1.29 is 28.5 Å². The van der Waals surface area contributed by atoms with E-state index in [1.165, 1.54) is 4.90 Å². The molecule has 1 aliphatic rings. The quantitative estimate of drug-likeness (QED) is 0.665. The van der Waals surface area contributed by atoms with Crippen LogP contribution in [-0.4, -0.2) is 42.7 Å². The van der Waals surface area contributed by atoms with Crippen molar-refractivity contribution in [3.63, 3.8) is 0 Å². The lowest BCUT2D eigenvalue weighted by Gasteiger charge is -2.35. The van der Waals surface area contributed by atoms with Crippen molar-refractivity contribution in [2.75, 3.05) is 18.1 Å². The van der Waals surface area contributed by atoms with Crippen molar-refractivity contribution in [2.24, 2.45) is 0 Å². The van der Waals surface area contributed by atoms with Gasteiger partial charge in [-0.1, -0.05) is 11.6 Å². The second-order valence-corrected chi connectivity index (χ2v) is 8.65. The molecule has 8 heteroatoms. The van der Waals surface area contributed by atoms with E-state index in [0.29, 0.717) is 16.5 Å². The zero-order valence-corrected chi connectivity index (χ0v) is 17.3. The Hall–Kier alpha value is -2.15. The molecule has 1 aliphatic heterocycles. The number of ether oxygens (including phenoxy) is 4. The Kier molecular flexibility index (Phi) is 6.14. The summed E-state index contributed by atoms with van der Waals surface area (Å²) in [7, 11) is 0. The normalized spacial score (nSPS) is 16.9. The largest absolute Gasteiger partial charge is 0.508 e. The van der Waals surface area contributed by atoms with E-state index >= 15 is 0 Å². The molecule has 150 valence electrons. The molecule has 1 atom stereocenters. The third kappa shape index (κ3) is 6.50. The molecule has 0 unspecified atom stereocenters. The van der Waals surface area contributed by atoms with Crippen LogP contribution in [0.1, 0.15) is 41.5 Å². The Morgan fingerprint density at radius 1 is 1.15 bits per heavy atom. The Bertz CT molecular complexity index is 707. The van der Waals surface area contributed by atoms with Gasteiger partial charge in [0.15, 0.2) is 6.10 Å². The first-order valence-electron chi connectivity index (χ1n) is 8.66. The Morgan fingerprint density at radius 2 is 1.78 bits per heavy atom. The Balaban J connectivity index is 2.13. The van der Waals surface area contributed by atoms with E-state index in [2.05, 4.69) is 0 Å². The van der Waals surface area contributed by atoms with E-state index < -0.39 is 29.6 Å². The van der Waals surface area contributed by atoms with Crippen molar-refractivity contribution in [3.05, 3.63) is 23.2 Å². The molecule has 1 heterocycles. The smallest absolute Gasteiger partial charge is 0.483 e. The molecule has 0 fully saturated rings. The number of carbonyl (C=O) groups excluding carboxylic acids is 2. The van der Waals surface area contributed by atoms with Crippen LogP contribution in [0.4, 0.5) is 15.3 Å². The fourth-order valence-corrected chi connectivity index (χ4v) is 2.50. The molecule has 1 amide bonds. The number of nitrogens with zero attached hydrogens (tertiary/aromatic N) is 1. The monoisotopic (exact) mass is 399 g/mol. The maximum atomic E-state index is 12.6. The van der Waals surface area contributed by atoms with Gasteiger partial charge in [0, 0.05) is 5.02 Å². The lowest BCUT2D eigenvalue weighted by molar-refractivity contribution is -0.0214.